The fourth-order valence-electron chi connectivity index (χ4n) is 1.52. The first-order valence-corrected chi connectivity index (χ1v) is 6.24. The fraction of sp³-hybridized carbons (Fsp3) is 0.286. The van der Waals surface area contributed by atoms with E-state index in [4.69, 9.17) is 13.0 Å². The molecule has 5 nitrogen and oxygen atoms in total. The van der Waals surface area contributed by atoms with Crippen molar-refractivity contribution in [2.45, 2.75) is 23.9 Å². The van der Waals surface area contributed by atoms with E-state index in [0.717, 1.165) is 0 Å². The van der Waals surface area contributed by atoms with Crippen LogP contribution in [0.4, 0.5) is 0 Å². The number of rotatable bonds is 6. The minimum absolute atomic E-state index is 0.472. The first-order valence-electron chi connectivity index (χ1n) is 6.27. The molecule has 3 N–H and O–H groups in total. The van der Waals surface area contributed by atoms with E-state index in [1.165, 1.54) is 13.0 Å². The molecule has 0 spiro atoms. The summed E-state index contributed by atoms with van der Waals surface area (Å²) in [5.41, 5.74) is 0.472. The SMILES string of the molecule is [3H]OC(=O)[C@H](O)[C@@H](NC(=O)C(C)(Cl)C=C)c1ccccc1. The summed E-state index contributed by atoms with van der Waals surface area (Å²) in [7, 11) is 0. The lowest BCUT2D eigenvalue weighted by molar-refractivity contribution is -0.148. The van der Waals surface area contributed by atoms with Crippen LogP contribution in [0.25, 0.3) is 1.43 Å². The van der Waals surface area contributed by atoms with E-state index < -0.39 is 28.9 Å². The van der Waals surface area contributed by atoms with Crippen molar-refractivity contribution in [2.75, 3.05) is 0 Å². The molecule has 0 saturated heterocycles. The molecule has 1 amide bonds. The lowest BCUT2D eigenvalue weighted by Gasteiger charge is -2.25. The van der Waals surface area contributed by atoms with Crippen LogP contribution in [-0.4, -0.2) is 33.1 Å². The van der Waals surface area contributed by atoms with Gasteiger partial charge in [-0.15, -0.1) is 18.2 Å². The number of carbonyl (C=O) groups excluding carboxylic acids is 1. The Labute approximate surface area is 123 Å². The zero-order valence-corrected chi connectivity index (χ0v) is 11.6. The molecule has 108 valence electrons. The molecule has 0 bridgehead atoms. The Bertz CT molecular complexity index is 521. The molecule has 0 radical (unpaired) electrons. The van der Waals surface area contributed by atoms with Gasteiger partial charge in [-0.25, -0.2) is 4.79 Å². The quantitative estimate of drug-likeness (QED) is 0.548. The predicted molar refractivity (Wildman–Crippen MR) is 75.4 cm³/mol. The lowest BCUT2D eigenvalue weighted by atomic mass is 10.00. The average Bonchev–Trinajstić information content (AvgIpc) is 2.51. The molecule has 3 atom stereocenters. The van der Waals surface area contributed by atoms with Crippen LogP contribution in [0.2, 0.25) is 0 Å². The van der Waals surface area contributed by atoms with Crippen LogP contribution in [0.3, 0.4) is 0 Å². The van der Waals surface area contributed by atoms with Gasteiger partial charge >= 0.3 is 5.97 Å². The first kappa shape index (κ1) is 14.6. The number of alkyl halides is 1. The number of nitrogens with one attached hydrogen (secondary N) is 1. The maximum absolute atomic E-state index is 12.1. The molecule has 0 aliphatic carbocycles. The zero-order chi connectivity index (χ0) is 16.0. The Hall–Kier alpha value is -1.85. The number of hydrogen-bond acceptors (Lipinski definition) is 4. The normalized spacial score (nSPS) is 17.1. The number of amides is 1. The number of hydrogen-bond donors (Lipinski definition) is 3. The van der Waals surface area contributed by atoms with E-state index in [-0.39, 0.29) is 0 Å². The Balaban J connectivity index is 3.06. The summed E-state index contributed by atoms with van der Waals surface area (Å²) < 4.78 is 6.57. The highest BCUT2D eigenvalue weighted by molar-refractivity contribution is 6.36. The molecule has 1 aromatic rings. The van der Waals surface area contributed by atoms with Crippen molar-refractivity contribution in [1.82, 2.24) is 5.32 Å². The predicted octanol–water partition coefficient (Wildman–Crippen LogP) is 1.47. The van der Waals surface area contributed by atoms with Gasteiger partial charge < -0.3 is 15.5 Å². The number of aliphatic hydroxyl groups is 1. The summed E-state index contributed by atoms with van der Waals surface area (Å²) in [5.74, 6) is -1.82. The number of aliphatic hydroxyl groups excluding tert-OH is 1. The number of carbonyl (C=O) groups is 2. The Morgan fingerprint density at radius 1 is 1.50 bits per heavy atom. The second-order valence-corrected chi connectivity index (χ2v) is 5.19. The summed E-state index contributed by atoms with van der Waals surface area (Å²) >= 11 is 5.96. The topological polar surface area (TPSA) is 86.6 Å². The molecule has 0 aliphatic heterocycles. The molecule has 0 heterocycles. The van der Waals surface area contributed by atoms with Crippen LogP contribution in [0.15, 0.2) is 43.0 Å². The molecule has 1 unspecified atom stereocenters. The number of halogens is 1. The lowest BCUT2D eigenvalue weighted by Crippen LogP contribution is -2.46. The third kappa shape index (κ3) is 3.82. The molecule has 1 aromatic carbocycles. The number of carboxylic acid groups (broad SMARTS) is 1. The third-order valence-electron chi connectivity index (χ3n) is 2.83. The van der Waals surface area contributed by atoms with Crippen molar-refractivity contribution in [2.24, 2.45) is 0 Å². The highest BCUT2D eigenvalue weighted by atomic mass is 35.5. The monoisotopic (exact) mass is 299 g/mol. The zero-order valence-electron chi connectivity index (χ0n) is 11.9. The van der Waals surface area contributed by atoms with Gasteiger partial charge in [0.2, 0.25) is 5.91 Å². The largest absolute Gasteiger partial charge is 0.479 e. The van der Waals surface area contributed by atoms with Crippen molar-refractivity contribution in [3.63, 3.8) is 0 Å². The van der Waals surface area contributed by atoms with E-state index in [1.807, 2.05) is 0 Å². The maximum Gasteiger partial charge on any atom is 0.335 e. The van der Waals surface area contributed by atoms with Gasteiger partial charge in [0.15, 0.2) is 6.10 Å². The van der Waals surface area contributed by atoms with E-state index in [0.29, 0.717) is 5.56 Å². The van der Waals surface area contributed by atoms with E-state index in [1.54, 1.807) is 30.3 Å². The second kappa shape index (κ2) is 6.54. The highest BCUT2D eigenvalue weighted by Crippen LogP contribution is 2.21. The minimum Gasteiger partial charge on any atom is -0.479 e. The summed E-state index contributed by atoms with van der Waals surface area (Å²) in [6.07, 6.45) is -0.493. The standard InChI is InChI=1S/C14H16ClNO4/c1-3-14(2,15)13(20)16-10(11(17)12(18)19)9-7-5-4-6-8-9/h3-8,10-11,17H,1H2,2H3,(H,16,20)(H,18,19)/t10-,11+,14?/m0/s1/i/hT. The first-order chi connectivity index (χ1) is 9.83. The molecular weight excluding hydrogens is 282 g/mol. The van der Waals surface area contributed by atoms with E-state index in [2.05, 4.69) is 17.0 Å². The third-order valence-corrected chi connectivity index (χ3v) is 3.16. The Morgan fingerprint density at radius 2 is 2.10 bits per heavy atom. The van der Waals surface area contributed by atoms with E-state index >= 15 is 0 Å². The average molecular weight is 300 g/mol. The molecule has 0 fully saturated rings. The molecule has 0 aliphatic rings. The van der Waals surface area contributed by atoms with Gasteiger partial charge in [-0.1, -0.05) is 36.4 Å². The fourth-order valence-corrected chi connectivity index (χ4v) is 1.57. The van der Waals surface area contributed by atoms with Crippen LogP contribution in [0, 0.1) is 0 Å². The summed E-state index contributed by atoms with van der Waals surface area (Å²) in [6, 6.07) is 7.25. The number of aliphatic carboxylic acids is 1. The van der Waals surface area contributed by atoms with Gasteiger partial charge in [-0.2, -0.15) is 0 Å². The van der Waals surface area contributed by atoms with Crippen LogP contribution in [0.5, 0.6) is 0 Å². The van der Waals surface area contributed by atoms with Crippen LogP contribution < -0.4 is 5.32 Å². The molecule has 6 heteroatoms. The van der Waals surface area contributed by atoms with Crippen molar-refractivity contribution < 1.29 is 19.8 Å². The Kier molecular flexibility index (Phi) is 4.76. The van der Waals surface area contributed by atoms with Gasteiger partial charge in [-0.3, -0.25) is 4.79 Å². The number of benzene rings is 1. The van der Waals surface area contributed by atoms with Crippen molar-refractivity contribution >= 4 is 23.5 Å². The van der Waals surface area contributed by atoms with Crippen molar-refractivity contribution in [1.29, 1.82) is 1.43 Å². The summed E-state index contributed by atoms with van der Waals surface area (Å²) in [6.45, 7) is 4.88. The smallest absolute Gasteiger partial charge is 0.335 e. The van der Waals surface area contributed by atoms with E-state index in [9.17, 15) is 14.7 Å². The highest BCUT2D eigenvalue weighted by Gasteiger charge is 2.34. The molecule has 20 heavy (non-hydrogen) atoms. The maximum atomic E-state index is 12.1. The van der Waals surface area contributed by atoms with Crippen molar-refractivity contribution in [3.8, 4) is 0 Å². The van der Waals surface area contributed by atoms with Crippen molar-refractivity contribution in [3.05, 3.63) is 48.6 Å². The molecule has 0 saturated carbocycles. The van der Waals surface area contributed by atoms with Gasteiger partial charge in [0.25, 0.3) is 1.43 Å². The van der Waals surface area contributed by atoms with Gasteiger partial charge in [-0.05, 0) is 12.5 Å². The van der Waals surface area contributed by atoms with Gasteiger partial charge in [0, 0.05) is 0 Å². The molecule has 1 rings (SSSR count). The van der Waals surface area contributed by atoms with Gasteiger partial charge in [0.05, 0.1) is 6.04 Å². The summed E-state index contributed by atoms with van der Waals surface area (Å²) in [5, 5.41) is 16.2. The van der Waals surface area contributed by atoms with Crippen LogP contribution in [-0.2, 0) is 9.59 Å². The van der Waals surface area contributed by atoms with Crippen LogP contribution >= 0.6 is 11.6 Å². The second-order valence-electron chi connectivity index (χ2n) is 4.41. The minimum atomic E-state index is -1.73. The molecular formula is C14H16ClNO4. The Morgan fingerprint density at radius 3 is 2.60 bits per heavy atom. The van der Waals surface area contributed by atoms with Gasteiger partial charge in [0.1, 0.15) is 4.87 Å². The van der Waals surface area contributed by atoms with Crippen LogP contribution in [0.1, 0.15) is 18.5 Å². The summed E-state index contributed by atoms with van der Waals surface area (Å²) in [4.78, 5) is 22.0. The molecule has 0 aromatic heterocycles. The number of carboxylic acids is 1.